The van der Waals surface area contributed by atoms with Gasteiger partial charge in [-0.2, -0.15) is 0 Å². The Labute approximate surface area is 161 Å². The lowest BCUT2D eigenvalue weighted by Gasteiger charge is -2.36. The van der Waals surface area contributed by atoms with Gasteiger partial charge < -0.3 is 19.5 Å². The fourth-order valence-electron chi connectivity index (χ4n) is 3.32. The molecule has 1 aliphatic rings. The monoisotopic (exact) mass is 378 g/mol. The van der Waals surface area contributed by atoms with E-state index in [9.17, 15) is 4.79 Å². The van der Waals surface area contributed by atoms with E-state index in [1.165, 1.54) is 0 Å². The SMILES string of the molecule is CCOc1ccccc1CCC(=O)N1CCNCC1c1nccn1C.Cl. The number of aryl methyl sites for hydroxylation is 2. The predicted molar refractivity (Wildman–Crippen MR) is 104 cm³/mol. The highest BCUT2D eigenvalue weighted by atomic mass is 35.5. The van der Waals surface area contributed by atoms with Gasteiger partial charge in [0.2, 0.25) is 5.91 Å². The van der Waals surface area contributed by atoms with Crippen LogP contribution in [0.2, 0.25) is 0 Å². The number of carbonyl (C=O) groups is 1. The van der Waals surface area contributed by atoms with Gasteiger partial charge in [-0.1, -0.05) is 18.2 Å². The van der Waals surface area contributed by atoms with Gasteiger partial charge in [0.05, 0.1) is 6.61 Å². The van der Waals surface area contributed by atoms with Gasteiger partial charge in [-0.05, 0) is 25.0 Å². The molecule has 1 fully saturated rings. The average molecular weight is 379 g/mol. The summed E-state index contributed by atoms with van der Waals surface area (Å²) in [6.07, 6.45) is 4.87. The van der Waals surface area contributed by atoms with Crippen molar-refractivity contribution in [2.45, 2.75) is 25.8 Å². The lowest BCUT2D eigenvalue weighted by atomic mass is 10.1. The van der Waals surface area contributed by atoms with E-state index in [4.69, 9.17) is 4.74 Å². The number of ether oxygens (including phenoxy) is 1. The van der Waals surface area contributed by atoms with Gasteiger partial charge in [0.25, 0.3) is 0 Å². The first kappa shape index (κ1) is 20.3. The van der Waals surface area contributed by atoms with Crippen LogP contribution in [0.4, 0.5) is 0 Å². The topological polar surface area (TPSA) is 59.4 Å². The number of para-hydroxylation sites is 1. The number of piperazine rings is 1. The first-order valence-corrected chi connectivity index (χ1v) is 8.88. The number of nitrogens with one attached hydrogen (secondary N) is 1. The Morgan fingerprint density at radius 1 is 1.38 bits per heavy atom. The van der Waals surface area contributed by atoms with Gasteiger partial charge in [0, 0.05) is 45.5 Å². The summed E-state index contributed by atoms with van der Waals surface area (Å²) < 4.78 is 7.65. The molecule has 1 aromatic heterocycles. The van der Waals surface area contributed by atoms with Crippen LogP contribution in [0.5, 0.6) is 5.75 Å². The molecular formula is C19H27ClN4O2. The van der Waals surface area contributed by atoms with Gasteiger partial charge in [-0.25, -0.2) is 4.98 Å². The molecule has 6 nitrogen and oxygen atoms in total. The molecule has 1 amide bonds. The number of rotatable bonds is 6. The largest absolute Gasteiger partial charge is 0.494 e. The van der Waals surface area contributed by atoms with Gasteiger partial charge >= 0.3 is 0 Å². The van der Waals surface area contributed by atoms with Crippen LogP contribution in [-0.4, -0.2) is 46.6 Å². The van der Waals surface area contributed by atoms with Crippen LogP contribution >= 0.6 is 12.4 Å². The third kappa shape index (κ3) is 4.56. The van der Waals surface area contributed by atoms with Crippen LogP contribution in [0.3, 0.4) is 0 Å². The molecule has 1 atom stereocenters. The van der Waals surface area contributed by atoms with Crippen molar-refractivity contribution in [2.24, 2.45) is 7.05 Å². The Balaban J connectivity index is 0.00000243. The molecule has 3 rings (SSSR count). The molecule has 7 heteroatoms. The molecule has 1 aliphatic heterocycles. The van der Waals surface area contributed by atoms with E-state index >= 15 is 0 Å². The first-order valence-electron chi connectivity index (χ1n) is 8.88. The molecule has 2 heterocycles. The molecule has 26 heavy (non-hydrogen) atoms. The summed E-state index contributed by atoms with van der Waals surface area (Å²) in [6, 6.07) is 7.94. The van der Waals surface area contributed by atoms with Crippen molar-refractivity contribution in [3.63, 3.8) is 0 Å². The molecule has 2 aromatic rings. The van der Waals surface area contributed by atoms with Crippen LogP contribution < -0.4 is 10.1 Å². The molecule has 0 aliphatic carbocycles. The van der Waals surface area contributed by atoms with Crippen molar-refractivity contribution in [3.8, 4) is 5.75 Å². The molecule has 0 radical (unpaired) electrons. The lowest BCUT2D eigenvalue weighted by molar-refractivity contribution is -0.134. The maximum atomic E-state index is 12.9. The highest BCUT2D eigenvalue weighted by molar-refractivity contribution is 5.85. The molecular weight excluding hydrogens is 352 g/mol. The van der Waals surface area contributed by atoms with Gasteiger partial charge in [0.1, 0.15) is 17.6 Å². The third-order valence-corrected chi connectivity index (χ3v) is 4.60. The Morgan fingerprint density at radius 3 is 2.92 bits per heavy atom. The average Bonchev–Trinajstić information content (AvgIpc) is 3.07. The quantitative estimate of drug-likeness (QED) is 0.838. The summed E-state index contributed by atoms with van der Waals surface area (Å²) in [5, 5.41) is 3.37. The normalized spacial score (nSPS) is 16.8. The van der Waals surface area contributed by atoms with Gasteiger partial charge in [0.15, 0.2) is 0 Å². The Kier molecular flexibility index (Phi) is 7.48. The van der Waals surface area contributed by atoms with Crippen LogP contribution in [0.25, 0.3) is 0 Å². The Bertz CT molecular complexity index is 719. The molecule has 1 saturated heterocycles. The number of amides is 1. The lowest BCUT2D eigenvalue weighted by Crippen LogP contribution is -2.49. The zero-order valence-electron chi connectivity index (χ0n) is 15.4. The second-order valence-corrected chi connectivity index (χ2v) is 6.24. The van der Waals surface area contributed by atoms with E-state index in [0.717, 1.165) is 30.2 Å². The smallest absolute Gasteiger partial charge is 0.223 e. The Hall–Kier alpha value is -2.05. The summed E-state index contributed by atoms with van der Waals surface area (Å²) in [5.41, 5.74) is 1.08. The number of nitrogens with zero attached hydrogens (tertiary/aromatic N) is 3. The number of hydrogen-bond acceptors (Lipinski definition) is 4. The second kappa shape index (κ2) is 9.59. The van der Waals surface area contributed by atoms with E-state index in [0.29, 0.717) is 26.0 Å². The van der Waals surface area contributed by atoms with Crippen molar-refractivity contribution in [1.82, 2.24) is 19.8 Å². The van der Waals surface area contributed by atoms with Crippen molar-refractivity contribution in [3.05, 3.63) is 48.0 Å². The van der Waals surface area contributed by atoms with Crippen LogP contribution in [0, 0.1) is 0 Å². The minimum absolute atomic E-state index is 0. The number of aromatic nitrogens is 2. The molecule has 1 N–H and O–H groups in total. The highest BCUT2D eigenvalue weighted by Gasteiger charge is 2.30. The molecule has 142 valence electrons. The molecule has 0 saturated carbocycles. The maximum absolute atomic E-state index is 12.9. The summed E-state index contributed by atoms with van der Waals surface area (Å²) in [7, 11) is 1.97. The van der Waals surface area contributed by atoms with Gasteiger partial charge in [-0.3, -0.25) is 4.79 Å². The summed E-state index contributed by atoms with van der Waals surface area (Å²) in [5.74, 6) is 1.97. The zero-order chi connectivity index (χ0) is 17.6. The van der Waals surface area contributed by atoms with Crippen molar-refractivity contribution >= 4 is 18.3 Å². The standard InChI is InChI=1S/C19H26N4O2.ClH/c1-3-25-17-7-5-4-6-15(17)8-9-18(24)23-13-10-20-14-16(23)19-21-11-12-22(19)2;/h4-7,11-12,16,20H,3,8-10,13-14H2,1-2H3;1H. The number of carbonyl (C=O) groups excluding carboxylic acids is 1. The highest BCUT2D eigenvalue weighted by Crippen LogP contribution is 2.24. The fourth-order valence-corrected chi connectivity index (χ4v) is 3.32. The number of imidazole rings is 1. The predicted octanol–water partition coefficient (Wildman–Crippen LogP) is 2.35. The van der Waals surface area contributed by atoms with E-state index in [-0.39, 0.29) is 24.4 Å². The first-order chi connectivity index (χ1) is 12.2. The number of hydrogen-bond donors (Lipinski definition) is 1. The third-order valence-electron chi connectivity index (χ3n) is 4.60. The Morgan fingerprint density at radius 2 is 2.19 bits per heavy atom. The van der Waals surface area contributed by atoms with E-state index in [2.05, 4.69) is 10.3 Å². The minimum Gasteiger partial charge on any atom is -0.494 e. The minimum atomic E-state index is -0.0108. The summed E-state index contributed by atoms with van der Waals surface area (Å²) in [6.45, 7) is 4.88. The van der Waals surface area contributed by atoms with Crippen LogP contribution in [0.1, 0.15) is 30.8 Å². The molecule has 0 spiro atoms. The van der Waals surface area contributed by atoms with Crippen molar-refractivity contribution in [2.75, 3.05) is 26.2 Å². The fraction of sp³-hybridized carbons (Fsp3) is 0.474. The summed E-state index contributed by atoms with van der Waals surface area (Å²) >= 11 is 0. The van der Waals surface area contributed by atoms with Gasteiger partial charge in [-0.15, -0.1) is 12.4 Å². The van der Waals surface area contributed by atoms with E-state index in [1.54, 1.807) is 6.20 Å². The van der Waals surface area contributed by atoms with E-state index in [1.807, 2.05) is 53.9 Å². The van der Waals surface area contributed by atoms with Crippen molar-refractivity contribution < 1.29 is 9.53 Å². The molecule has 1 unspecified atom stereocenters. The molecule has 1 aromatic carbocycles. The number of halogens is 1. The molecule has 0 bridgehead atoms. The summed E-state index contributed by atoms with van der Waals surface area (Å²) in [4.78, 5) is 19.3. The van der Waals surface area contributed by atoms with Crippen LogP contribution in [-0.2, 0) is 18.3 Å². The second-order valence-electron chi connectivity index (χ2n) is 6.24. The zero-order valence-corrected chi connectivity index (χ0v) is 16.2. The number of benzene rings is 1. The maximum Gasteiger partial charge on any atom is 0.223 e. The van der Waals surface area contributed by atoms with E-state index < -0.39 is 0 Å². The van der Waals surface area contributed by atoms with Crippen LogP contribution in [0.15, 0.2) is 36.7 Å². The van der Waals surface area contributed by atoms with Crippen molar-refractivity contribution in [1.29, 1.82) is 0 Å².